The maximum absolute atomic E-state index is 12.6. The first-order chi connectivity index (χ1) is 12.1. The van der Waals surface area contributed by atoms with E-state index in [1.807, 2.05) is 73.7 Å². The van der Waals surface area contributed by atoms with E-state index in [-0.39, 0.29) is 5.91 Å². The van der Waals surface area contributed by atoms with Gasteiger partial charge in [0.15, 0.2) is 0 Å². The number of anilines is 1. The molecular weight excluding hydrogens is 376 g/mol. The van der Waals surface area contributed by atoms with Gasteiger partial charge in [-0.05, 0) is 54.4 Å². The van der Waals surface area contributed by atoms with Gasteiger partial charge in [0, 0.05) is 16.4 Å². The van der Waals surface area contributed by atoms with E-state index in [9.17, 15) is 4.79 Å². The first kappa shape index (κ1) is 17.1. The van der Waals surface area contributed by atoms with E-state index in [0.717, 1.165) is 21.3 Å². The van der Waals surface area contributed by atoms with Gasteiger partial charge in [0.05, 0.1) is 11.3 Å². The Morgan fingerprint density at radius 1 is 1.00 bits per heavy atom. The quantitative estimate of drug-likeness (QED) is 0.563. The third-order valence-corrected chi connectivity index (χ3v) is 4.26. The number of amides is 1. The first-order valence-corrected chi connectivity index (χ1v) is 8.68. The van der Waals surface area contributed by atoms with E-state index in [1.54, 1.807) is 12.3 Å². The molecule has 25 heavy (non-hydrogen) atoms. The Morgan fingerprint density at radius 2 is 1.72 bits per heavy atom. The van der Waals surface area contributed by atoms with Crippen molar-refractivity contribution < 1.29 is 4.79 Å². The van der Waals surface area contributed by atoms with Crippen molar-refractivity contribution in [2.75, 3.05) is 5.32 Å². The molecule has 0 aliphatic carbocycles. The van der Waals surface area contributed by atoms with Crippen LogP contribution in [0.1, 0.15) is 21.5 Å². The number of hydrogen-bond acceptors (Lipinski definition) is 2. The molecule has 4 heteroatoms. The van der Waals surface area contributed by atoms with E-state index >= 15 is 0 Å². The summed E-state index contributed by atoms with van der Waals surface area (Å²) in [5, 5.41) is 2.90. The Labute approximate surface area is 155 Å². The molecule has 1 amide bonds. The Bertz CT molecular complexity index is 920. The second-order valence-electron chi connectivity index (χ2n) is 5.60. The first-order valence-electron chi connectivity index (χ1n) is 7.89. The van der Waals surface area contributed by atoms with Gasteiger partial charge >= 0.3 is 0 Å². The predicted octanol–water partition coefficient (Wildman–Crippen LogP) is 5.76. The number of aliphatic imine (C=N–C) groups is 1. The lowest BCUT2D eigenvalue weighted by molar-refractivity contribution is 0.102. The maximum Gasteiger partial charge on any atom is 0.257 e. The minimum absolute atomic E-state index is 0.176. The SMILES string of the molecule is Cc1ccc(Br)cc1/C=N/c1ccccc1C(=O)Nc1ccccc1. The monoisotopic (exact) mass is 392 g/mol. The van der Waals surface area contributed by atoms with Crippen LogP contribution in [0.2, 0.25) is 0 Å². The molecular formula is C21H17BrN2O. The summed E-state index contributed by atoms with van der Waals surface area (Å²) in [6.07, 6.45) is 1.79. The van der Waals surface area contributed by atoms with Gasteiger partial charge < -0.3 is 5.32 Å². The van der Waals surface area contributed by atoms with Crippen LogP contribution >= 0.6 is 15.9 Å². The summed E-state index contributed by atoms with van der Waals surface area (Å²) in [5.74, 6) is -0.176. The summed E-state index contributed by atoms with van der Waals surface area (Å²) in [4.78, 5) is 17.1. The van der Waals surface area contributed by atoms with Gasteiger partial charge in [0.25, 0.3) is 5.91 Å². The van der Waals surface area contributed by atoms with Crippen LogP contribution in [0.25, 0.3) is 0 Å². The normalized spacial score (nSPS) is 10.8. The van der Waals surface area contributed by atoms with Crippen LogP contribution in [-0.2, 0) is 0 Å². The highest BCUT2D eigenvalue weighted by atomic mass is 79.9. The molecule has 3 rings (SSSR count). The molecule has 3 aromatic rings. The average Bonchev–Trinajstić information content (AvgIpc) is 2.63. The number of halogens is 1. The van der Waals surface area contributed by atoms with Gasteiger partial charge in [0.2, 0.25) is 0 Å². The highest BCUT2D eigenvalue weighted by molar-refractivity contribution is 9.10. The van der Waals surface area contributed by atoms with Crippen molar-refractivity contribution in [3.05, 3.63) is 94.0 Å². The highest BCUT2D eigenvalue weighted by Gasteiger charge is 2.10. The summed E-state index contributed by atoms with van der Waals surface area (Å²) in [6.45, 7) is 2.03. The molecule has 124 valence electrons. The standard InChI is InChI=1S/C21H17BrN2O/c1-15-11-12-17(22)13-16(15)14-23-20-10-6-5-9-19(20)21(25)24-18-7-3-2-4-8-18/h2-14H,1H3,(H,24,25)/b23-14+. The van der Waals surface area contributed by atoms with Crippen LogP contribution < -0.4 is 5.32 Å². The van der Waals surface area contributed by atoms with Crippen molar-refractivity contribution in [1.29, 1.82) is 0 Å². The van der Waals surface area contributed by atoms with Crippen LogP contribution in [0.3, 0.4) is 0 Å². The molecule has 0 unspecified atom stereocenters. The van der Waals surface area contributed by atoms with Crippen molar-refractivity contribution in [2.24, 2.45) is 4.99 Å². The zero-order valence-electron chi connectivity index (χ0n) is 13.7. The van der Waals surface area contributed by atoms with Crippen molar-refractivity contribution in [3.8, 4) is 0 Å². The Balaban J connectivity index is 1.87. The second kappa shape index (κ2) is 7.90. The van der Waals surface area contributed by atoms with Crippen molar-refractivity contribution in [2.45, 2.75) is 6.92 Å². The van der Waals surface area contributed by atoms with Gasteiger partial charge in [-0.25, -0.2) is 0 Å². The summed E-state index contributed by atoms with van der Waals surface area (Å²) in [5.41, 5.74) is 4.06. The molecule has 1 N–H and O–H groups in total. The van der Waals surface area contributed by atoms with Gasteiger partial charge in [-0.1, -0.05) is 52.3 Å². The fourth-order valence-corrected chi connectivity index (χ4v) is 2.77. The number of para-hydroxylation sites is 2. The number of nitrogens with zero attached hydrogens (tertiary/aromatic N) is 1. The number of benzene rings is 3. The average molecular weight is 393 g/mol. The fraction of sp³-hybridized carbons (Fsp3) is 0.0476. The molecule has 0 spiro atoms. The lowest BCUT2D eigenvalue weighted by Crippen LogP contribution is -2.11. The molecule has 0 aliphatic rings. The lowest BCUT2D eigenvalue weighted by Gasteiger charge is -2.07. The summed E-state index contributed by atoms with van der Waals surface area (Å²) < 4.78 is 0.995. The predicted molar refractivity (Wildman–Crippen MR) is 107 cm³/mol. The van der Waals surface area contributed by atoms with Crippen molar-refractivity contribution in [3.63, 3.8) is 0 Å². The molecule has 0 saturated carbocycles. The molecule has 3 nitrogen and oxygen atoms in total. The van der Waals surface area contributed by atoms with Crippen molar-refractivity contribution in [1.82, 2.24) is 0 Å². The third-order valence-electron chi connectivity index (χ3n) is 3.76. The van der Waals surface area contributed by atoms with Crippen LogP contribution in [0.15, 0.2) is 82.3 Å². The zero-order valence-corrected chi connectivity index (χ0v) is 15.3. The molecule has 0 radical (unpaired) electrons. The Morgan fingerprint density at radius 3 is 2.52 bits per heavy atom. The number of carbonyl (C=O) groups excluding carboxylic acids is 1. The summed E-state index contributed by atoms with van der Waals surface area (Å²) >= 11 is 3.47. The van der Waals surface area contributed by atoms with E-state index in [4.69, 9.17) is 0 Å². The minimum Gasteiger partial charge on any atom is -0.322 e. The van der Waals surface area contributed by atoms with E-state index in [1.165, 1.54) is 0 Å². The van der Waals surface area contributed by atoms with E-state index in [0.29, 0.717) is 11.3 Å². The van der Waals surface area contributed by atoms with E-state index in [2.05, 4.69) is 26.2 Å². The summed E-state index contributed by atoms with van der Waals surface area (Å²) in [6, 6.07) is 22.7. The molecule has 0 saturated heterocycles. The molecule has 0 heterocycles. The molecule has 0 aromatic heterocycles. The molecule has 0 bridgehead atoms. The zero-order chi connectivity index (χ0) is 17.6. The van der Waals surface area contributed by atoms with Gasteiger partial charge in [-0.2, -0.15) is 0 Å². The Hall–Kier alpha value is -2.72. The smallest absolute Gasteiger partial charge is 0.257 e. The van der Waals surface area contributed by atoms with E-state index < -0.39 is 0 Å². The molecule has 0 atom stereocenters. The van der Waals surface area contributed by atoms with Gasteiger partial charge in [-0.15, -0.1) is 0 Å². The van der Waals surface area contributed by atoms with Crippen LogP contribution in [0.5, 0.6) is 0 Å². The lowest BCUT2D eigenvalue weighted by atomic mass is 10.1. The third kappa shape index (κ3) is 4.43. The fourth-order valence-electron chi connectivity index (χ4n) is 2.39. The molecule has 3 aromatic carbocycles. The van der Waals surface area contributed by atoms with Gasteiger partial charge in [0.1, 0.15) is 0 Å². The maximum atomic E-state index is 12.6. The van der Waals surface area contributed by atoms with Gasteiger partial charge in [-0.3, -0.25) is 9.79 Å². The largest absolute Gasteiger partial charge is 0.322 e. The van der Waals surface area contributed by atoms with Crippen molar-refractivity contribution >= 4 is 39.4 Å². The molecule has 0 fully saturated rings. The number of aryl methyl sites for hydroxylation is 1. The number of rotatable bonds is 4. The number of nitrogens with one attached hydrogen (secondary N) is 1. The van der Waals surface area contributed by atoms with Crippen LogP contribution in [-0.4, -0.2) is 12.1 Å². The molecule has 0 aliphatic heterocycles. The number of carbonyl (C=O) groups is 1. The Kier molecular flexibility index (Phi) is 5.41. The minimum atomic E-state index is -0.176. The topological polar surface area (TPSA) is 41.5 Å². The van der Waals surface area contributed by atoms with Crippen LogP contribution in [0, 0.1) is 6.92 Å². The summed E-state index contributed by atoms with van der Waals surface area (Å²) in [7, 11) is 0. The number of hydrogen-bond donors (Lipinski definition) is 1. The highest BCUT2D eigenvalue weighted by Crippen LogP contribution is 2.21. The van der Waals surface area contributed by atoms with Crippen LogP contribution in [0.4, 0.5) is 11.4 Å². The second-order valence-corrected chi connectivity index (χ2v) is 6.51.